The van der Waals surface area contributed by atoms with Crippen LogP contribution in [-0.4, -0.2) is 22.2 Å². The normalized spacial score (nSPS) is 15.0. The third-order valence-corrected chi connectivity index (χ3v) is 5.19. The SMILES string of the molecule is COc1ccccc1-n1ccn(CC(=O)N[C@H]2CCc3ccccc32)c(=O)c1=O. The minimum absolute atomic E-state index is 0.0663. The van der Waals surface area contributed by atoms with Crippen molar-refractivity contribution >= 4 is 5.91 Å². The number of hydrogen-bond acceptors (Lipinski definition) is 4. The van der Waals surface area contributed by atoms with Gasteiger partial charge in [0.05, 0.1) is 18.8 Å². The van der Waals surface area contributed by atoms with Crippen LogP contribution in [0.5, 0.6) is 5.75 Å². The largest absolute Gasteiger partial charge is 0.495 e. The summed E-state index contributed by atoms with van der Waals surface area (Å²) in [6.07, 6.45) is 4.66. The number of para-hydroxylation sites is 2. The van der Waals surface area contributed by atoms with E-state index in [-0.39, 0.29) is 18.5 Å². The van der Waals surface area contributed by atoms with Gasteiger partial charge in [0, 0.05) is 12.4 Å². The highest BCUT2D eigenvalue weighted by Gasteiger charge is 2.23. The first-order chi connectivity index (χ1) is 14.1. The Hall–Kier alpha value is -3.61. The average molecular weight is 391 g/mol. The molecule has 0 aliphatic heterocycles. The lowest BCUT2D eigenvalue weighted by atomic mass is 10.1. The predicted molar refractivity (Wildman–Crippen MR) is 108 cm³/mol. The van der Waals surface area contributed by atoms with Crippen LogP contribution in [0.3, 0.4) is 0 Å². The molecule has 0 saturated carbocycles. The molecule has 1 N–H and O–H groups in total. The molecule has 3 aromatic rings. The number of benzene rings is 2. The molecule has 0 bridgehead atoms. The average Bonchev–Trinajstić information content (AvgIpc) is 3.14. The number of aryl methyl sites for hydroxylation is 1. The van der Waals surface area contributed by atoms with Gasteiger partial charge < -0.3 is 10.1 Å². The Balaban J connectivity index is 1.55. The van der Waals surface area contributed by atoms with Gasteiger partial charge in [0.15, 0.2) is 0 Å². The Morgan fingerprint density at radius 3 is 2.66 bits per heavy atom. The Bertz CT molecular complexity index is 1180. The molecule has 7 heteroatoms. The van der Waals surface area contributed by atoms with Crippen LogP contribution < -0.4 is 21.2 Å². The zero-order valence-corrected chi connectivity index (χ0v) is 16.0. The number of rotatable bonds is 5. The summed E-state index contributed by atoms with van der Waals surface area (Å²) >= 11 is 0. The lowest BCUT2D eigenvalue weighted by molar-refractivity contribution is -0.122. The Morgan fingerprint density at radius 1 is 1.07 bits per heavy atom. The van der Waals surface area contributed by atoms with Crippen molar-refractivity contribution < 1.29 is 9.53 Å². The molecular formula is C22H21N3O4. The van der Waals surface area contributed by atoms with Gasteiger partial charge in [-0.05, 0) is 36.1 Å². The standard InChI is InChI=1S/C22H21N3O4/c1-29-19-9-5-4-8-18(19)25-13-12-24(21(27)22(25)28)14-20(26)23-17-11-10-15-6-2-3-7-16(15)17/h2-9,12-13,17H,10-11,14H2,1H3,(H,23,26)/t17-/m0/s1. The molecule has 29 heavy (non-hydrogen) atoms. The summed E-state index contributed by atoms with van der Waals surface area (Å²) in [6.45, 7) is -0.209. The van der Waals surface area contributed by atoms with Crippen LogP contribution in [-0.2, 0) is 17.8 Å². The quantitative estimate of drug-likeness (QED) is 0.673. The van der Waals surface area contributed by atoms with Crippen LogP contribution in [0.1, 0.15) is 23.6 Å². The van der Waals surface area contributed by atoms with Gasteiger partial charge in [-0.3, -0.25) is 23.5 Å². The van der Waals surface area contributed by atoms with Crippen LogP contribution in [0.25, 0.3) is 5.69 Å². The lowest BCUT2D eigenvalue weighted by Gasteiger charge is -2.15. The fourth-order valence-electron chi connectivity index (χ4n) is 3.75. The molecule has 0 unspecified atom stereocenters. The number of aromatic nitrogens is 2. The second kappa shape index (κ2) is 7.79. The first kappa shape index (κ1) is 18.7. The summed E-state index contributed by atoms with van der Waals surface area (Å²) in [5.41, 5.74) is 1.31. The number of ether oxygens (including phenoxy) is 1. The molecule has 1 atom stereocenters. The molecule has 1 aromatic heterocycles. The molecule has 0 fully saturated rings. The summed E-state index contributed by atoms with van der Waals surface area (Å²) in [7, 11) is 1.50. The molecule has 0 saturated heterocycles. The Labute approximate surface area is 167 Å². The van der Waals surface area contributed by atoms with Crippen molar-refractivity contribution in [2.45, 2.75) is 25.4 Å². The number of fused-ring (bicyclic) bond motifs is 1. The van der Waals surface area contributed by atoms with Crippen LogP contribution >= 0.6 is 0 Å². The maximum Gasteiger partial charge on any atom is 0.321 e. The summed E-state index contributed by atoms with van der Waals surface area (Å²) in [6, 6.07) is 14.9. The van der Waals surface area contributed by atoms with Crippen molar-refractivity contribution in [2.75, 3.05) is 7.11 Å². The molecule has 1 aliphatic carbocycles. The van der Waals surface area contributed by atoms with Crippen molar-refractivity contribution in [2.24, 2.45) is 0 Å². The Kier molecular flexibility index (Phi) is 5.03. The molecule has 0 spiro atoms. The van der Waals surface area contributed by atoms with E-state index in [1.807, 2.05) is 18.2 Å². The van der Waals surface area contributed by atoms with Crippen LogP contribution in [0.15, 0.2) is 70.5 Å². The number of nitrogens with one attached hydrogen (secondary N) is 1. The minimum Gasteiger partial charge on any atom is -0.495 e. The van der Waals surface area contributed by atoms with E-state index in [2.05, 4.69) is 11.4 Å². The number of amides is 1. The van der Waals surface area contributed by atoms with Gasteiger partial charge in [0.1, 0.15) is 12.3 Å². The molecule has 1 aliphatic rings. The van der Waals surface area contributed by atoms with Gasteiger partial charge in [-0.25, -0.2) is 0 Å². The first-order valence-electron chi connectivity index (χ1n) is 9.41. The molecule has 148 valence electrons. The Morgan fingerprint density at radius 2 is 1.83 bits per heavy atom. The monoisotopic (exact) mass is 391 g/mol. The van der Waals surface area contributed by atoms with Gasteiger partial charge in [0.25, 0.3) is 0 Å². The molecule has 1 heterocycles. The summed E-state index contributed by atoms with van der Waals surface area (Å²) in [4.78, 5) is 37.6. The van der Waals surface area contributed by atoms with E-state index < -0.39 is 11.1 Å². The van der Waals surface area contributed by atoms with Crippen molar-refractivity contribution in [3.05, 3.63) is 92.8 Å². The summed E-state index contributed by atoms with van der Waals surface area (Å²) in [5, 5.41) is 2.97. The lowest BCUT2D eigenvalue weighted by Crippen LogP contribution is -2.43. The van der Waals surface area contributed by atoms with E-state index in [0.29, 0.717) is 11.4 Å². The van der Waals surface area contributed by atoms with Gasteiger partial charge in [0.2, 0.25) is 5.91 Å². The third kappa shape index (κ3) is 3.59. The molecule has 4 rings (SSSR count). The van der Waals surface area contributed by atoms with E-state index in [1.165, 1.54) is 29.6 Å². The summed E-state index contributed by atoms with van der Waals surface area (Å²) in [5.74, 6) is 0.174. The molecular weight excluding hydrogens is 370 g/mol. The van der Waals surface area contributed by atoms with Crippen molar-refractivity contribution in [1.29, 1.82) is 0 Å². The zero-order chi connectivity index (χ0) is 20.4. The predicted octanol–water partition coefficient (Wildman–Crippen LogP) is 1.81. The second-order valence-corrected chi connectivity index (χ2v) is 6.94. The molecule has 7 nitrogen and oxygen atoms in total. The summed E-state index contributed by atoms with van der Waals surface area (Å²) < 4.78 is 7.61. The number of hydrogen-bond donors (Lipinski definition) is 1. The van der Waals surface area contributed by atoms with Crippen molar-refractivity contribution in [1.82, 2.24) is 14.5 Å². The van der Waals surface area contributed by atoms with Crippen molar-refractivity contribution in [3.8, 4) is 11.4 Å². The highest BCUT2D eigenvalue weighted by atomic mass is 16.5. The van der Waals surface area contributed by atoms with E-state index in [9.17, 15) is 14.4 Å². The first-order valence-corrected chi connectivity index (χ1v) is 9.41. The van der Waals surface area contributed by atoms with Gasteiger partial charge >= 0.3 is 11.1 Å². The smallest absolute Gasteiger partial charge is 0.321 e. The maximum absolute atomic E-state index is 12.6. The van der Waals surface area contributed by atoms with Gasteiger partial charge in [-0.15, -0.1) is 0 Å². The van der Waals surface area contributed by atoms with Crippen LogP contribution in [0.2, 0.25) is 0 Å². The van der Waals surface area contributed by atoms with E-state index in [1.54, 1.807) is 24.3 Å². The van der Waals surface area contributed by atoms with Crippen LogP contribution in [0.4, 0.5) is 0 Å². The minimum atomic E-state index is -0.764. The van der Waals surface area contributed by atoms with E-state index in [0.717, 1.165) is 23.0 Å². The molecule has 0 radical (unpaired) electrons. The van der Waals surface area contributed by atoms with Crippen molar-refractivity contribution in [3.63, 3.8) is 0 Å². The molecule has 1 amide bonds. The highest BCUT2D eigenvalue weighted by molar-refractivity contribution is 5.76. The zero-order valence-electron chi connectivity index (χ0n) is 16.0. The van der Waals surface area contributed by atoms with Gasteiger partial charge in [-0.2, -0.15) is 0 Å². The molecule has 2 aromatic carbocycles. The van der Waals surface area contributed by atoms with Gasteiger partial charge in [-0.1, -0.05) is 36.4 Å². The van der Waals surface area contributed by atoms with E-state index >= 15 is 0 Å². The fraction of sp³-hybridized carbons (Fsp3) is 0.227. The van der Waals surface area contributed by atoms with Crippen LogP contribution in [0, 0.1) is 0 Å². The highest BCUT2D eigenvalue weighted by Crippen LogP contribution is 2.30. The number of carbonyl (C=O) groups excluding carboxylic acids is 1. The van der Waals surface area contributed by atoms with E-state index in [4.69, 9.17) is 4.74 Å². The number of carbonyl (C=O) groups is 1. The maximum atomic E-state index is 12.6. The topological polar surface area (TPSA) is 82.3 Å². The third-order valence-electron chi connectivity index (χ3n) is 5.19. The number of methoxy groups -OCH3 is 1. The second-order valence-electron chi connectivity index (χ2n) is 6.94. The fourth-order valence-corrected chi connectivity index (χ4v) is 3.75. The number of nitrogens with zero attached hydrogens (tertiary/aromatic N) is 2.